The number of hydrogen-bond donors (Lipinski definition) is 1. The van der Waals surface area contributed by atoms with E-state index in [1.54, 1.807) is 12.4 Å². The van der Waals surface area contributed by atoms with Gasteiger partial charge in [-0.15, -0.1) is 0 Å². The number of aromatic nitrogens is 3. The maximum atomic E-state index is 12.9. The molecule has 6 nitrogen and oxygen atoms in total. The molecule has 1 amide bonds. The zero-order valence-corrected chi connectivity index (χ0v) is 15.0. The Kier molecular flexibility index (Phi) is 4.11. The first-order valence-corrected chi connectivity index (χ1v) is 9.03. The molecule has 0 saturated carbocycles. The molecule has 6 heteroatoms. The summed E-state index contributed by atoms with van der Waals surface area (Å²) in [5, 5.41) is 3.64. The van der Waals surface area contributed by atoms with Gasteiger partial charge in [0.2, 0.25) is 5.43 Å². The topological polar surface area (TPSA) is 68.9 Å². The molecule has 1 N–H and O–H groups in total. The van der Waals surface area contributed by atoms with Crippen LogP contribution >= 0.6 is 0 Å². The fraction of sp³-hybridized carbons (Fsp3) is 0.350. The van der Waals surface area contributed by atoms with Gasteiger partial charge in [0, 0.05) is 37.6 Å². The van der Waals surface area contributed by atoms with E-state index in [0.29, 0.717) is 5.39 Å². The van der Waals surface area contributed by atoms with Crippen molar-refractivity contribution in [1.82, 2.24) is 19.4 Å². The minimum Gasteiger partial charge on any atom is -0.346 e. The van der Waals surface area contributed by atoms with Crippen LogP contribution in [0.1, 0.15) is 47.6 Å². The van der Waals surface area contributed by atoms with Crippen LogP contribution in [0.25, 0.3) is 10.9 Å². The lowest BCUT2D eigenvalue weighted by Crippen LogP contribution is -2.34. The van der Waals surface area contributed by atoms with Crippen molar-refractivity contribution in [2.45, 2.75) is 38.8 Å². The molecule has 4 rings (SSSR count). The number of nitrogens with one attached hydrogen (secondary N) is 1. The van der Waals surface area contributed by atoms with E-state index in [4.69, 9.17) is 0 Å². The number of imidazole rings is 1. The Hall–Kier alpha value is -2.89. The van der Waals surface area contributed by atoms with E-state index in [1.807, 2.05) is 40.6 Å². The lowest BCUT2D eigenvalue weighted by atomic mass is 10.1. The summed E-state index contributed by atoms with van der Waals surface area (Å²) in [6.07, 6.45) is 7.85. The predicted molar refractivity (Wildman–Crippen MR) is 100 cm³/mol. The molecular weight excluding hydrogens is 328 g/mol. The van der Waals surface area contributed by atoms with Gasteiger partial charge in [0.05, 0.1) is 11.6 Å². The first-order chi connectivity index (χ1) is 12.6. The van der Waals surface area contributed by atoms with Crippen molar-refractivity contribution in [3.05, 3.63) is 64.0 Å². The molecule has 1 aliphatic heterocycles. The maximum Gasteiger partial charge on any atom is 0.257 e. The summed E-state index contributed by atoms with van der Waals surface area (Å²) in [5.74, 6) is 0.465. The molecule has 0 saturated heterocycles. The van der Waals surface area contributed by atoms with E-state index < -0.39 is 0 Å². The summed E-state index contributed by atoms with van der Waals surface area (Å²) in [5.41, 5.74) is 2.13. The van der Waals surface area contributed by atoms with Gasteiger partial charge in [0.15, 0.2) is 0 Å². The van der Waals surface area contributed by atoms with Gasteiger partial charge < -0.3 is 14.5 Å². The van der Waals surface area contributed by atoms with Crippen LogP contribution < -0.4 is 10.7 Å². The monoisotopic (exact) mass is 350 g/mol. The van der Waals surface area contributed by atoms with Gasteiger partial charge in [0.25, 0.3) is 5.91 Å². The molecule has 1 atom stereocenters. The van der Waals surface area contributed by atoms with Gasteiger partial charge in [-0.3, -0.25) is 9.59 Å². The molecule has 2 aromatic heterocycles. The Morgan fingerprint density at radius 2 is 2.23 bits per heavy atom. The Morgan fingerprint density at radius 3 is 2.96 bits per heavy atom. The van der Waals surface area contributed by atoms with Crippen molar-refractivity contribution in [3.8, 4) is 0 Å². The number of rotatable bonds is 5. The fourth-order valence-corrected chi connectivity index (χ4v) is 3.82. The highest BCUT2D eigenvalue weighted by atomic mass is 16.2. The van der Waals surface area contributed by atoms with Gasteiger partial charge in [-0.05, 0) is 24.5 Å². The Morgan fingerprint density at radius 1 is 1.38 bits per heavy atom. The number of carbonyl (C=O) groups is 1. The van der Waals surface area contributed by atoms with Crippen LogP contribution in [-0.2, 0) is 20.0 Å². The molecule has 1 aliphatic rings. The number of amides is 1. The van der Waals surface area contributed by atoms with E-state index in [1.165, 1.54) is 5.56 Å². The third-order valence-corrected chi connectivity index (χ3v) is 5.10. The molecule has 0 radical (unpaired) electrons. The number of pyridine rings is 1. The van der Waals surface area contributed by atoms with Gasteiger partial charge in [-0.2, -0.15) is 0 Å². The van der Waals surface area contributed by atoms with Crippen LogP contribution in [0.2, 0.25) is 0 Å². The molecule has 0 spiro atoms. The third kappa shape index (κ3) is 2.62. The summed E-state index contributed by atoms with van der Waals surface area (Å²) >= 11 is 0. The van der Waals surface area contributed by atoms with Crippen molar-refractivity contribution in [2.24, 2.45) is 7.05 Å². The molecule has 3 aromatic rings. The second-order valence-electron chi connectivity index (χ2n) is 6.84. The zero-order chi connectivity index (χ0) is 18.3. The smallest absolute Gasteiger partial charge is 0.257 e. The first kappa shape index (κ1) is 16.6. The van der Waals surface area contributed by atoms with E-state index in [-0.39, 0.29) is 22.9 Å². The summed E-state index contributed by atoms with van der Waals surface area (Å²) in [4.78, 5) is 30.2. The lowest BCUT2D eigenvalue weighted by Gasteiger charge is -2.18. The molecule has 0 bridgehead atoms. The summed E-state index contributed by atoms with van der Waals surface area (Å²) < 4.78 is 3.93. The molecular formula is C20H22N4O2. The first-order valence-electron chi connectivity index (χ1n) is 9.03. The highest BCUT2D eigenvalue weighted by Gasteiger charge is 2.23. The average molecular weight is 350 g/mol. The van der Waals surface area contributed by atoms with Crippen LogP contribution in [-0.4, -0.2) is 20.0 Å². The second kappa shape index (κ2) is 6.44. The molecule has 26 heavy (non-hydrogen) atoms. The standard InChI is InChI=1S/C20H22N4O2/c1-3-5-16(19-21-9-11-23(19)2)22-20(26)15-12-24-10-8-13-6-4-7-14(17(13)24)18(15)25/h4,6-7,9,11-12,16H,3,5,8,10H2,1-2H3,(H,22,26)/t16-/m1/s1. The minimum atomic E-state index is -0.334. The summed E-state index contributed by atoms with van der Waals surface area (Å²) in [6, 6.07) is 5.53. The normalized spacial score (nSPS) is 13.9. The van der Waals surface area contributed by atoms with Crippen molar-refractivity contribution >= 4 is 16.8 Å². The quantitative estimate of drug-likeness (QED) is 0.769. The fourth-order valence-electron chi connectivity index (χ4n) is 3.82. The lowest BCUT2D eigenvalue weighted by molar-refractivity contribution is 0.0930. The van der Waals surface area contributed by atoms with Crippen molar-refractivity contribution in [1.29, 1.82) is 0 Å². The summed E-state index contributed by atoms with van der Waals surface area (Å²) in [7, 11) is 1.91. The van der Waals surface area contributed by atoms with Crippen molar-refractivity contribution < 1.29 is 4.79 Å². The number of carbonyl (C=O) groups excluding carboxylic acids is 1. The Bertz CT molecular complexity index is 1050. The summed E-state index contributed by atoms with van der Waals surface area (Å²) in [6.45, 7) is 2.86. The number of aryl methyl sites for hydroxylation is 3. The maximum absolute atomic E-state index is 12.9. The molecule has 0 unspecified atom stereocenters. The van der Waals surface area contributed by atoms with Crippen LogP contribution in [0.3, 0.4) is 0 Å². The third-order valence-electron chi connectivity index (χ3n) is 5.10. The zero-order valence-electron chi connectivity index (χ0n) is 15.0. The number of nitrogens with zero attached hydrogens (tertiary/aromatic N) is 3. The van der Waals surface area contributed by atoms with Crippen molar-refractivity contribution in [3.63, 3.8) is 0 Å². The van der Waals surface area contributed by atoms with Gasteiger partial charge in [-0.25, -0.2) is 4.98 Å². The SMILES string of the molecule is CCC[C@@H](NC(=O)c1cn2c3c(cccc3c1=O)CC2)c1nccn1C. The van der Waals surface area contributed by atoms with Crippen LogP contribution in [0.4, 0.5) is 0 Å². The molecule has 0 fully saturated rings. The molecule has 134 valence electrons. The van der Waals surface area contributed by atoms with Gasteiger partial charge >= 0.3 is 0 Å². The number of benzene rings is 1. The van der Waals surface area contributed by atoms with Crippen LogP contribution in [0.15, 0.2) is 41.6 Å². The van der Waals surface area contributed by atoms with Crippen molar-refractivity contribution in [2.75, 3.05) is 0 Å². The number of hydrogen-bond acceptors (Lipinski definition) is 3. The molecule has 1 aromatic carbocycles. The number of para-hydroxylation sites is 1. The van der Waals surface area contributed by atoms with E-state index in [0.717, 1.165) is 37.1 Å². The van der Waals surface area contributed by atoms with E-state index in [9.17, 15) is 9.59 Å². The predicted octanol–water partition coefficient (Wildman–Crippen LogP) is 2.56. The van der Waals surface area contributed by atoms with Gasteiger partial charge in [0.1, 0.15) is 11.4 Å². The Balaban J connectivity index is 1.72. The van der Waals surface area contributed by atoms with E-state index >= 15 is 0 Å². The molecule has 3 heterocycles. The minimum absolute atomic E-state index is 0.201. The Labute approximate surface area is 151 Å². The van der Waals surface area contributed by atoms with Crippen LogP contribution in [0.5, 0.6) is 0 Å². The van der Waals surface area contributed by atoms with E-state index in [2.05, 4.69) is 17.2 Å². The highest BCUT2D eigenvalue weighted by Crippen LogP contribution is 2.24. The molecule has 0 aliphatic carbocycles. The average Bonchev–Trinajstić information content (AvgIpc) is 3.24. The highest BCUT2D eigenvalue weighted by molar-refractivity contribution is 5.98. The van der Waals surface area contributed by atoms with Gasteiger partial charge in [-0.1, -0.05) is 25.5 Å². The largest absolute Gasteiger partial charge is 0.346 e. The van der Waals surface area contributed by atoms with Crippen LogP contribution in [0, 0.1) is 0 Å². The second-order valence-corrected chi connectivity index (χ2v) is 6.84.